The largest absolute Gasteiger partial charge is 0.491 e. The first kappa shape index (κ1) is 14.8. The standard InChI is InChI=1S/C15H25NO2/c1-5-12-18-14-9-7-6-8-13(14)16-11-10-15(2,3)17-4/h6-9,16H,5,10-12H2,1-4H3. The molecular formula is C15H25NO2. The molecule has 0 unspecified atom stereocenters. The van der Waals surface area contributed by atoms with Crippen LogP contribution in [0.4, 0.5) is 5.69 Å². The number of ether oxygens (including phenoxy) is 2. The lowest BCUT2D eigenvalue weighted by Crippen LogP contribution is -2.25. The minimum absolute atomic E-state index is 0.0911. The Morgan fingerprint density at radius 2 is 1.94 bits per heavy atom. The van der Waals surface area contributed by atoms with Crippen molar-refractivity contribution >= 4 is 5.69 Å². The molecule has 1 aromatic rings. The third-order valence-corrected chi connectivity index (χ3v) is 2.94. The Bertz CT molecular complexity index is 350. The average molecular weight is 251 g/mol. The van der Waals surface area contributed by atoms with Crippen molar-refractivity contribution in [2.75, 3.05) is 25.6 Å². The van der Waals surface area contributed by atoms with Crippen molar-refractivity contribution in [1.29, 1.82) is 0 Å². The molecule has 0 saturated carbocycles. The van der Waals surface area contributed by atoms with E-state index in [-0.39, 0.29) is 5.60 Å². The Hall–Kier alpha value is -1.22. The van der Waals surface area contributed by atoms with E-state index in [1.54, 1.807) is 7.11 Å². The smallest absolute Gasteiger partial charge is 0.142 e. The van der Waals surface area contributed by atoms with Crippen molar-refractivity contribution in [3.8, 4) is 5.75 Å². The summed E-state index contributed by atoms with van der Waals surface area (Å²) >= 11 is 0. The summed E-state index contributed by atoms with van der Waals surface area (Å²) in [5.41, 5.74) is 0.963. The summed E-state index contributed by atoms with van der Waals surface area (Å²) in [6.07, 6.45) is 1.97. The van der Waals surface area contributed by atoms with E-state index in [1.165, 1.54) is 0 Å². The minimum Gasteiger partial charge on any atom is -0.491 e. The van der Waals surface area contributed by atoms with E-state index >= 15 is 0 Å². The average Bonchev–Trinajstić information content (AvgIpc) is 2.37. The second-order valence-electron chi connectivity index (χ2n) is 4.99. The van der Waals surface area contributed by atoms with Gasteiger partial charge in [-0.15, -0.1) is 0 Å². The van der Waals surface area contributed by atoms with Gasteiger partial charge < -0.3 is 14.8 Å². The summed E-state index contributed by atoms with van der Waals surface area (Å²) in [6, 6.07) is 8.06. The molecule has 0 saturated heterocycles. The quantitative estimate of drug-likeness (QED) is 0.764. The second kappa shape index (κ2) is 7.27. The van der Waals surface area contributed by atoms with Gasteiger partial charge in [-0.2, -0.15) is 0 Å². The van der Waals surface area contributed by atoms with Crippen molar-refractivity contribution in [2.45, 2.75) is 39.2 Å². The highest BCUT2D eigenvalue weighted by Crippen LogP contribution is 2.24. The molecule has 3 heteroatoms. The molecule has 0 heterocycles. The molecule has 0 spiro atoms. The molecule has 0 aromatic heterocycles. The van der Waals surface area contributed by atoms with Crippen LogP contribution in [0.5, 0.6) is 5.75 Å². The number of benzene rings is 1. The maximum atomic E-state index is 5.70. The van der Waals surface area contributed by atoms with Crippen molar-refractivity contribution < 1.29 is 9.47 Å². The first-order valence-electron chi connectivity index (χ1n) is 6.60. The topological polar surface area (TPSA) is 30.5 Å². The molecule has 0 bridgehead atoms. The van der Waals surface area contributed by atoms with Gasteiger partial charge >= 0.3 is 0 Å². The third kappa shape index (κ3) is 4.96. The Morgan fingerprint density at radius 3 is 2.61 bits per heavy atom. The normalized spacial score (nSPS) is 11.3. The highest BCUT2D eigenvalue weighted by atomic mass is 16.5. The van der Waals surface area contributed by atoms with Crippen molar-refractivity contribution in [3.05, 3.63) is 24.3 Å². The van der Waals surface area contributed by atoms with Gasteiger partial charge in [0.1, 0.15) is 5.75 Å². The van der Waals surface area contributed by atoms with Crippen LogP contribution in [0, 0.1) is 0 Å². The predicted molar refractivity (Wildman–Crippen MR) is 76.4 cm³/mol. The number of methoxy groups -OCH3 is 1. The van der Waals surface area contributed by atoms with Crippen LogP contribution in [0.2, 0.25) is 0 Å². The fraction of sp³-hybridized carbons (Fsp3) is 0.600. The number of rotatable bonds is 8. The first-order chi connectivity index (χ1) is 8.59. The van der Waals surface area contributed by atoms with E-state index < -0.39 is 0 Å². The van der Waals surface area contributed by atoms with Crippen LogP contribution in [0.15, 0.2) is 24.3 Å². The van der Waals surface area contributed by atoms with Gasteiger partial charge in [-0.05, 0) is 38.8 Å². The van der Waals surface area contributed by atoms with E-state index in [2.05, 4.69) is 26.1 Å². The maximum Gasteiger partial charge on any atom is 0.142 e. The van der Waals surface area contributed by atoms with Gasteiger partial charge in [0.25, 0.3) is 0 Å². The SMILES string of the molecule is CCCOc1ccccc1NCCC(C)(C)OC. The van der Waals surface area contributed by atoms with Crippen LogP contribution >= 0.6 is 0 Å². The van der Waals surface area contributed by atoms with E-state index in [0.717, 1.165) is 37.4 Å². The lowest BCUT2D eigenvalue weighted by atomic mass is 10.1. The van der Waals surface area contributed by atoms with Crippen molar-refractivity contribution in [2.24, 2.45) is 0 Å². The van der Waals surface area contributed by atoms with Crippen LogP contribution in [-0.2, 0) is 4.74 Å². The molecule has 0 atom stereocenters. The summed E-state index contributed by atoms with van der Waals surface area (Å²) in [5, 5.41) is 3.41. The molecule has 1 N–H and O–H groups in total. The monoisotopic (exact) mass is 251 g/mol. The number of nitrogens with one attached hydrogen (secondary N) is 1. The maximum absolute atomic E-state index is 5.70. The molecule has 1 rings (SSSR count). The number of hydrogen-bond donors (Lipinski definition) is 1. The summed E-state index contributed by atoms with van der Waals surface area (Å²) < 4.78 is 11.1. The van der Waals surface area contributed by atoms with Crippen LogP contribution in [0.25, 0.3) is 0 Å². The lowest BCUT2D eigenvalue weighted by molar-refractivity contribution is 0.0185. The van der Waals surface area contributed by atoms with Crippen molar-refractivity contribution in [1.82, 2.24) is 0 Å². The third-order valence-electron chi connectivity index (χ3n) is 2.94. The Morgan fingerprint density at radius 1 is 1.22 bits per heavy atom. The van der Waals surface area contributed by atoms with Gasteiger partial charge in [-0.25, -0.2) is 0 Å². The molecule has 18 heavy (non-hydrogen) atoms. The van der Waals surface area contributed by atoms with E-state index in [9.17, 15) is 0 Å². The zero-order valence-corrected chi connectivity index (χ0v) is 12.0. The van der Waals surface area contributed by atoms with Crippen LogP contribution in [0.1, 0.15) is 33.6 Å². The Kier molecular flexibility index (Phi) is 5.99. The molecule has 0 aliphatic rings. The zero-order valence-electron chi connectivity index (χ0n) is 12.0. The van der Waals surface area contributed by atoms with Crippen LogP contribution < -0.4 is 10.1 Å². The highest BCUT2D eigenvalue weighted by molar-refractivity contribution is 5.56. The lowest BCUT2D eigenvalue weighted by Gasteiger charge is -2.23. The minimum atomic E-state index is -0.0911. The molecule has 1 aromatic carbocycles. The highest BCUT2D eigenvalue weighted by Gasteiger charge is 2.15. The van der Waals surface area contributed by atoms with E-state index in [1.807, 2.05) is 24.3 Å². The zero-order chi connectivity index (χ0) is 13.4. The van der Waals surface area contributed by atoms with Gasteiger partial charge in [0, 0.05) is 13.7 Å². The number of hydrogen-bond acceptors (Lipinski definition) is 3. The van der Waals surface area contributed by atoms with Gasteiger partial charge in [-0.3, -0.25) is 0 Å². The molecule has 102 valence electrons. The molecular weight excluding hydrogens is 226 g/mol. The molecule has 0 radical (unpaired) electrons. The Labute approximate surface area is 110 Å². The molecule has 0 amide bonds. The molecule has 0 aliphatic carbocycles. The summed E-state index contributed by atoms with van der Waals surface area (Å²) in [7, 11) is 1.75. The van der Waals surface area contributed by atoms with Crippen molar-refractivity contribution in [3.63, 3.8) is 0 Å². The van der Waals surface area contributed by atoms with Crippen LogP contribution in [-0.4, -0.2) is 25.9 Å². The fourth-order valence-electron chi connectivity index (χ4n) is 1.55. The van der Waals surface area contributed by atoms with Gasteiger partial charge in [0.05, 0.1) is 17.9 Å². The summed E-state index contributed by atoms with van der Waals surface area (Å²) in [4.78, 5) is 0. The number of anilines is 1. The van der Waals surface area contributed by atoms with Gasteiger partial charge in [-0.1, -0.05) is 19.1 Å². The van der Waals surface area contributed by atoms with E-state index in [0.29, 0.717) is 0 Å². The number of para-hydroxylation sites is 2. The fourth-order valence-corrected chi connectivity index (χ4v) is 1.55. The second-order valence-corrected chi connectivity index (χ2v) is 4.99. The summed E-state index contributed by atoms with van der Waals surface area (Å²) in [5.74, 6) is 0.926. The molecule has 0 fully saturated rings. The first-order valence-corrected chi connectivity index (χ1v) is 6.60. The summed E-state index contributed by atoms with van der Waals surface area (Å²) in [6.45, 7) is 7.91. The van der Waals surface area contributed by atoms with Gasteiger partial charge in [0.2, 0.25) is 0 Å². The Balaban J connectivity index is 2.51. The molecule has 0 aliphatic heterocycles. The van der Waals surface area contributed by atoms with Gasteiger partial charge in [0.15, 0.2) is 0 Å². The molecule has 3 nitrogen and oxygen atoms in total. The predicted octanol–water partition coefficient (Wildman–Crippen LogP) is 3.70. The van der Waals surface area contributed by atoms with Crippen LogP contribution in [0.3, 0.4) is 0 Å². The van der Waals surface area contributed by atoms with E-state index in [4.69, 9.17) is 9.47 Å².